The van der Waals surface area contributed by atoms with Crippen LogP contribution in [-0.4, -0.2) is 11.7 Å². The Bertz CT molecular complexity index is 1120. The maximum Gasteiger partial charge on any atom is 0.418 e. The molecule has 0 radical (unpaired) electrons. The summed E-state index contributed by atoms with van der Waals surface area (Å²) >= 11 is 3.39. The van der Waals surface area contributed by atoms with Crippen LogP contribution in [0.1, 0.15) is 43.0 Å². The molecule has 0 saturated heterocycles. The molecule has 2 rings (SSSR count). The minimum absolute atomic E-state index is 0.0454. The van der Waals surface area contributed by atoms with Crippen LogP contribution >= 0.6 is 45.2 Å². The number of carbonyl (C=O) groups is 1. The third-order valence-electron chi connectivity index (χ3n) is 3.89. The van der Waals surface area contributed by atoms with Crippen LogP contribution < -0.4 is 16.8 Å². The Hall–Kier alpha value is -2.16. The first-order valence-electron chi connectivity index (χ1n) is 9.44. The molecule has 35 heavy (non-hydrogen) atoms. The number of hydrogen-bond acceptors (Lipinski definition) is 5. The van der Waals surface area contributed by atoms with Crippen molar-refractivity contribution in [3.05, 3.63) is 53.7 Å². The van der Waals surface area contributed by atoms with Crippen molar-refractivity contribution in [1.82, 2.24) is 5.32 Å². The summed E-state index contributed by atoms with van der Waals surface area (Å²) in [5.41, 5.74) is 7.76. The van der Waals surface area contributed by atoms with E-state index in [9.17, 15) is 31.1 Å². The molecule has 0 aliphatic carbocycles. The van der Waals surface area contributed by atoms with Crippen LogP contribution in [0.5, 0.6) is 0 Å². The Morgan fingerprint density at radius 2 is 1.40 bits per heavy atom. The maximum atomic E-state index is 12.8. The minimum atomic E-state index is -4.54. The van der Waals surface area contributed by atoms with E-state index in [2.05, 4.69) is 5.32 Å². The second-order valence-corrected chi connectivity index (χ2v) is 10.2. The number of rotatable bonds is 2. The number of alkyl halides is 6. The van der Waals surface area contributed by atoms with Gasteiger partial charge >= 0.3 is 18.4 Å². The summed E-state index contributed by atoms with van der Waals surface area (Å²) in [6, 6.07) is 6.12. The standard InChI is InChI=1S/C13H16F3IN2O2.C8H4F3IN2/c1-12(2,3)21-11(20)19-6-7-4-8(13(14,15)16)10(18)9(17)5-7;9-8(10,11)5-1-4(3-13)2-6(12)7(5)14/h4-5H,6,18H2,1-3H3,(H,19,20);1-2H,14H2. The summed E-state index contributed by atoms with van der Waals surface area (Å²) in [6.45, 7) is 5.01. The molecule has 0 fully saturated rings. The van der Waals surface area contributed by atoms with Crippen LogP contribution in [0.2, 0.25) is 0 Å². The zero-order valence-corrected chi connectivity index (χ0v) is 22.8. The molecular weight excluding hydrogens is 708 g/mol. The molecule has 0 bridgehead atoms. The van der Waals surface area contributed by atoms with Gasteiger partial charge in [-0.3, -0.25) is 0 Å². The predicted molar refractivity (Wildman–Crippen MR) is 135 cm³/mol. The summed E-state index contributed by atoms with van der Waals surface area (Å²) < 4.78 is 81.1. The van der Waals surface area contributed by atoms with Gasteiger partial charge < -0.3 is 21.5 Å². The lowest BCUT2D eigenvalue weighted by atomic mass is 10.1. The Kier molecular flexibility index (Phi) is 10.3. The lowest BCUT2D eigenvalue weighted by Crippen LogP contribution is -2.32. The maximum absolute atomic E-state index is 12.8. The molecule has 0 unspecified atom stereocenters. The van der Waals surface area contributed by atoms with Gasteiger partial charge in [-0.05, 0) is 95.8 Å². The van der Waals surface area contributed by atoms with Crippen molar-refractivity contribution in [1.29, 1.82) is 5.26 Å². The number of nitrogens with two attached hydrogens (primary N) is 2. The van der Waals surface area contributed by atoms with E-state index < -0.39 is 35.2 Å². The first-order chi connectivity index (χ1) is 15.8. The Morgan fingerprint density at radius 1 is 0.943 bits per heavy atom. The number of benzene rings is 2. The molecule has 0 aromatic heterocycles. The average Bonchev–Trinajstić information content (AvgIpc) is 2.68. The molecule has 0 aliphatic rings. The quantitative estimate of drug-likeness (QED) is 0.182. The van der Waals surface area contributed by atoms with E-state index in [-0.39, 0.29) is 30.6 Å². The SMILES string of the molecule is CC(C)(C)OC(=O)NCc1cc(I)c(N)c(C(F)(F)F)c1.N#Cc1cc(I)c(N)c(C(F)(F)F)c1. The third-order valence-corrected chi connectivity index (χ3v) is 5.68. The Morgan fingerprint density at radius 3 is 1.83 bits per heavy atom. The van der Waals surface area contributed by atoms with Gasteiger partial charge in [-0.2, -0.15) is 31.6 Å². The summed E-state index contributed by atoms with van der Waals surface area (Å²) in [5, 5.41) is 10.9. The molecular formula is C21H20F6I2N4O2. The summed E-state index contributed by atoms with van der Waals surface area (Å²) in [4.78, 5) is 11.5. The van der Waals surface area contributed by atoms with Crippen LogP contribution in [0.4, 0.5) is 42.5 Å². The molecule has 2 aromatic rings. The molecule has 6 nitrogen and oxygen atoms in total. The first kappa shape index (κ1) is 30.9. The highest BCUT2D eigenvalue weighted by Gasteiger charge is 2.35. The van der Waals surface area contributed by atoms with Gasteiger partial charge in [0.1, 0.15) is 5.60 Å². The van der Waals surface area contributed by atoms with Crippen molar-refractivity contribution in [3.63, 3.8) is 0 Å². The molecule has 14 heteroatoms. The molecule has 192 valence electrons. The molecule has 1 amide bonds. The van der Waals surface area contributed by atoms with Crippen LogP contribution in [0.25, 0.3) is 0 Å². The van der Waals surface area contributed by atoms with Crippen molar-refractivity contribution in [2.24, 2.45) is 0 Å². The van der Waals surface area contributed by atoms with Gasteiger partial charge in [0.15, 0.2) is 0 Å². The highest BCUT2D eigenvalue weighted by atomic mass is 127. The summed E-state index contributed by atoms with van der Waals surface area (Å²) in [5.74, 6) is 0. The van der Waals surface area contributed by atoms with E-state index >= 15 is 0 Å². The number of nitrogens with one attached hydrogen (secondary N) is 1. The molecule has 2 aromatic carbocycles. The van der Waals surface area contributed by atoms with Crippen molar-refractivity contribution >= 4 is 62.6 Å². The Labute approximate surface area is 224 Å². The van der Waals surface area contributed by atoms with E-state index in [0.717, 1.165) is 12.1 Å². The number of carbonyl (C=O) groups excluding carboxylic acids is 1. The zero-order valence-electron chi connectivity index (χ0n) is 18.5. The monoisotopic (exact) mass is 728 g/mol. The van der Waals surface area contributed by atoms with E-state index in [4.69, 9.17) is 21.5 Å². The van der Waals surface area contributed by atoms with Gasteiger partial charge in [-0.1, -0.05) is 0 Å². The van der Waals surface area contributed by atoms with Crippen molar-refractivity contribution in [3.8, 4) is 6.07 Å². The minimum Gasteiger partial charge on any atom is -0.444 e. The first-order valence-corrected chi connectivity index (χ1v) is 11.6. The highest BCUT2D eigenvalue weighted by Crippen LogP contribution is 2.37. The van der Waals surface area contributed by atoms with Crippen LogP contribution in [0.3, 0.4) is 0 Å². The fourth-order valence-corrected chi connectivity index (χ4v) is 3.73. The van der Waals surface area contributed by atoms with Crippen LogP contribution in [-0.2, 0) is 23.6 Å². The van der Waals surface area contributed by atoms with Crippen molar-refractivity contribution < 1.29 is 35.9 Å². The average molecular weight is 728 g/mol. The lowest BCUT2D eigenvalue weighted by molar-refractivity contribution is -0.137. The number of ether oxygens (including phenoxy) is 1. The smallest absolute Gasteiger partial charge is 0.418 e. The van der Waals surface area contributed by atoms with Gasteiger partial charge in [0, 0.05) is 13.7 Å². The fraction of sp³-hybridized carbons (Fsp3) is 0.333. The number of nitrogens with zero attached hydrogens (tertiary/aromatic N) is 1. The third kappa shape index (κ3) is 9.78. The molecule has 0 heterocycles. The van der Waals surface area contributed by atoms with E-state index in [0.29, 0.717) is 5.56 Å². The van der Waals surface area contributed by atoms with Crippen molar-refractivity contribution in [2.75, 3.05) is 11.5 Å². The molecule has 0 atom stereocenters. The second-order valence-electron chi connectivity index (χ2n) is 7.92. The summed E-state index contributed by atoms with van der Waals surface area (Å²) in [7, 11) is 0. The lowest BCUT2D eigenvalue weighted by Gasteiger charge is -2.20. The zero-order chi connectivity index (χ0) is 27.4. The number of alkyl carbamates (subject to hydrolysis) is 1. The molecule has 0 saturated carbocycles. The van der Waals surface area contributed by atoms with Gasteiger partial charge in [-0.15, -0.1) is 0 Å². The van der Waals surface area contributed by atoms with E-state index in [1.807, 2.05) is 0 Å². The predicted octanol–water partition coefficient (Wildman–Crippen LogP) is 6.68. The summed E-state index contributed by atoms with van der Waals surface area (Å²) in [6.07, 6.45) is -9.74. The molecule has 5 N–H and O–H groups in total. The van der Waals surface area contributed by atoms with Gasteiger partial charge in [-0.25, -0.2) is 4.79 Å². The number of amides is 1. The number of nitriles is 1. The van der Waals surface area contributed by atoms with Crippen LogP contribution in [0.15, 0.2) is 24.3 Å². The van der Waals surface area contributed by atoms with E-state index in [1.165, 1.54) is 12.1 Å². The Balaban J connectivity index is 0.000000379. The normalized spacial score (nSPS) is 11.7. The number of nitrogen functional groups attached to an aromatic ring is 2. The largest absolute Gasteiger partial charge is 0.444 e. The second kappa shape index (κ2) is 11.7. The van der Waals surface area contributed by atoms with Gasteiger partial charge in [0.25, 0.3) is 0 Å². The van der Waals surface area contributed by atoms with Gasteiger partial charge in [0.05, 0.1) is 34.1 Å². The number of halogens is 8. The van der Waals surface area contributed by atoms with Crippen LogP contribution in [0, 0.1) is 18.5 Å². The molecule has 0 aliphatic heterocycles. The number of anilines is 2. The fourth-order valence-electron chi connectivity index (χ4n) is 2.42. The highest BCUT2D eigenvalue weighted by molar-refractivity contribution is 14.1. The topological polar surface area (TPSA) is 114 Å². The van der Waals surface area contributed by atoms with Crippen molar-refractivity contribution in [2.45, 2.75) is 45.3 Å². The number of hydrogen-bond donors (Lipinski definition) is 3. The molecule has 0 spiro atoms. The van der Waals surface area contributed by atoms with E-state index in [1.54, 1.807) is 72.0 Å². The van der Waals surface area contributed by atoms with Gasteiger partial charge in [0.2, 0.25) is 0 Å².